The molecule has 0 radical (unpaired) electrons. The lowest BCUT2D eigenvalue weighted by molar-refractivity contribution is -0.274. The van der Waals surface area contributed by atoms with Crippen molar-refractivity contribution >= 4 is 28.6 Å². The lowest BCUT2D eigenvalue weighted by Crippen LogP contribution is -2.18. The van der Waals surface area contributed by atoms with Gasteiger partial charge >= 0.3 is 6.36 Å². The molecule has 0 atom stereocenters. The molecule has 0 bridgehead atoms. The van der Waals surface area contributed by atoms with Gasteiger partial charge in [-0.1, -0.05) is 11.6 Å². The summed E-state index contributed by atoms with van der Waals surface area (Å²) in [5.74, 6) is -1.18. The van der Waals surface area contributed by atoms with Gasteiger partial charge in [-0.3, -0.25) is 0 Å². The predicted molar refractivity (Wildman–Crippen MR) is 67.5 cm³/mol. The lowest BCUT2D eigenvalue weighted by Gasteiger charge is -2.14. The van der Waals surface area contributed by atoms with Gasteiger partial charge in [0, 0.05) is 17.1 Å². The van der Waals surface area contributed by atoms with Gasteiger partial charge in [0.05, 0.1) is 12.2 Å². The molecule has 1 aromatic carbocycles. The SMILES string of the molecule is Fc1ccc(OC(F)(F)F)c(NCc2cnc(Cl)s2)c1. The van der Waals surface area contributed by atoms with Gasteiger partial charge in [-0.15, -0.1) is 24.5 Å². The molecule has 0 aliphatic rings. The fraction of sp³-hybridized carbons (Fsp3) is 0.182. The molecule has 1 heterocycles. The van der Waals surface area contributed by atoms with E-state index >= 15 is 0 Å². The fourth-order valence-electron chi connectivity index (χ4n) is 1.40. The lowest BCUT2D eigenvalue weighted by atomic mass is 10.3. The van der Waals surface area contributed by atoms with Crippen molar-refractivity contribution in [3.8, 4) is 5.75 Å². The molecule has 0 spiro atoms. The molecule has 2 rings (SSSR count). The number of ether oxygens (including phenoxy) is 1. The third-order valence-corrected chi connectivity index (χ3v) is 3.26. The highest BCUT2D eigenvalue weighted by atomic mass is 35.5. The Morgan fingerprint density at radius 3 is 2.70 bits per heavy atom. The van der Waals surface area contributed by atoms with E-state index in [0.717, 1.165) is 18.2 Å². The van der Waals surface area contributed by atoms with Crippen LogP contribution in [0.1, 0.15) is 4.88 Å². The molecule has 20 heavy (non-hydrogen) atoms. The van der Waals surface area contributed by atoms with Gasteiger partial charge in [-0.25, -0.2) is 9.37 Å². The normalized spacial score (nSPS) is 11.4. The summed E-state index contributed by atoms with van der Waals surface area (Å²) in [6.07, 6.45) is -3.37. The summed E-state index contributed by atoms with van der Waals surface area (Å²) in [5, 5.41) is 2.65. The molecule has 0 saturated heterocycles. The minimum Gasteiger partial charge on any atom is -0.404 e. The number of halogens is 5. The standard InChI is InChI=1S/C11H7ClF4N2OS/c12-10-18-5-7(20-10)4-17-8-3-6(13)1-2-9(8)19-11(14,15)16/h1-3,5,17H,4H2. The quantitative estimate of drug-likeness (QED) is 0.843. The van der Waals surface area contributed by atoms with E-state index in [1.807, 2.05) is 0 Å². The summed E-state index contributed by atoms with van der Waals surface area (Å²) in [4.78, 5) is 4.48. The van der Waals surface area contributed by atoms with Crippen LogP contribution in [0.15, 0.2) is 24.4 Å². The van der Waals surface area contributed by atoms with Crippen molar-refractivity contribution in [2.45, 2.75) is 12.9 Å². The largest absolute Gasteiger partial charge is 0.573 e. The first-order chi connectivity index (χ1) is 9.33. The zero-order valence-electron chi connectivity index (χ0n) is 9.67. The monoisotopic (exact) mass is 326 g/mol. The summed E-state index contributed by atoms with van der Waals surface area (Å²) in [7, 11) is 0. The second kappa shape index (κ2) is 5.84. The number of nitrogens with zero attached hydrogens (tertiary/aromatic N) is 1. The minimum absolute atomic E-state index is 0.105. The molecule has 3 nitrogen and oxygen atoms in total. The first-order valence-corrected chi connectivity index (χ1v) is 6.42. The highest BCUT2D eigenvalue weighted by molar-refractivity contribution is 7.15. The number of alkyl halides is 3. The van der Waals surface area contributed by atoms with E-state index in [1.165, 1.54) is 17.5 Å². The number of hydrogen-bond donors (Lipinski definition) is 1. The van der Waals surface area contributed by atoms with E-state index in [4.69, 9.17) is 11.6 Å². The molecule has 108 valence electrons. The van der Waals surface area contributed by atoms with Gasteiger partial charge in [0.1, 0.15) is 5.82 Å². The Bertz CT molecular complexity index is 602. The number of nitrogens with one attached hydrogen (secondary N) is 1. The number of rotatable bonds is 4. The minimum atomic E-state index is -4.85. The zero-order valence-corrected chi connectivity index (χ0v) is 11.2. The summed E-state index contributed by atoms with van der Waals surface area (Å²) >= 11 is 6.80. The maximum absolute atomic E-state index is 13.1. The third-order valence-electron chi connectivity index (χ3n) is 2.15. The molecule has 0 unspecified atom stereocenters. The topological polar surface area (TPSA) is 34.1 Å². The van der Waals surface area contributed by atoms with Gasteiger partial charge in [0.2, 0.25) is 0 Å². The molecular formula is C11H7ClF4N2OS. The molecule has 1 aromatic heterocycles. The average Bonchev–Trinajstić information content (AvgIpc) is 2.74. The van der Waals surface area contributed by atoms with Crippen molar-refractivity contribution < 1.29 is 22.3 Å². The van der Waals surface area contributed by atoms with E-state index < -0.39 is 17.9 Å². The summed E-state index contributed by atoms with van der Waals surface area (Å²) in [6, 6.07) is 2.71. The van der Waals surface area contributed by atoms with Crippen molar-refractivity contribution in [2.75, 3.05) is 5.32 Å². The van der Waals surface area contributed by atoms with Crippen LogP contribution >= 0.6 is 22.9 Å². The van der Waals surface area contributed by atoms with Crippen LogP contribution in [0.5, 0.6) is 5.75 Å². The molecule has 0 saturated carbocycles. The second-order valence-corrected chi connectivity index (χ2v) is 5.32. The van der Waals surface area contributed by atoms with Gasteiger partial charge < -0.3 is 10.1 Å². The molecular weight excluding hydrogens is 320 g/mol. The highest BCUT2D eigenvalue weighted by Crippen LogP contribution is 2.31. The van der Waals surface area contributed by atoms with Gasteiger partial charge in [0.15, 0.2) is 10.2 Å². The molecule has 0 aliphatic carbocycles. The second-order valence-electron chi connectivity index (χ2n) is 3.62. The van der Waals surface area contributed by atoms with Crippen LogP contribution in [-0.2, 0) is 6.54 Å². The Balaban J connectivity index is 2.14. The van der Waals surface area contributed by atoms with Crippen molar-refractivity contribution in [3.05, 3.63) is 39.6 Å². The number of anilines is 1. The van der Waals surface area contributed by atoms with Crippen LogP contribution in [0.2, 0.25) is 4.47 Å². The average molecular weight is 327 g/mol. The first kappa shape index (κ1) is 14.9. The maximum Gasteiger partial charge on any atom is 0.573 e. The molecule has 0 amide bonds. The Hall–Kier alpha value is -1.54. The highest BCUT2D eigenvalue weighted by Gasteiger charge is 2.32. The van der Waals surface area contributed by atoms with Gasteiger partial charge in [0.25, 0.3) is 0 Å². The smallest absolute Gasteiger partial charge is 0.404 e. The van der Waals surface area contributed by atoms with Crippen molar-refractivity contribution in [1.82, 2.24) is 4.98 Å². The van der Waals surface area contributed by atoms with Crippen molar-refractivity contribution in [2.24, 2.45) is 0 Å². The van der Waals surface area contributed by atoms with E-state index in [9.17, 15) is 17.6 Å². The van der Waals surface area contributed by atoms with Crippen LogP contribution in [0.25, 0.3) is 0 Å². The van der Waals surface area contributed by atoms with Crippen LogP contribution in [-0.4, -0.2) is 11.3 Å². The predicted octanol–water partition coefficient (Wildman–Crippen LogP) is 4.45. The number of hydrogen-bond acceptors (Lipinski definition) is 4. The molecule has 0 aliphatic heterocycles. The zero-order chi connectivity index (χ0) is 14.8. The van der Waals surface area contributed by atoms with Crippen LogP contribution in [0.3, 0.4) is 0 Å². The Kier molecular flexibility index (Phi) is 4.34. The van der Waals surface area contributed by atoms with E-state index in [2.05, 4.69) is 15.0 Å². The van der Waals surface area contributed by atoms with E-state index in [-0.39, 0.29) is 12.2 Å². The van der Waals surface area contributed by atoms with Crippen molar-refractivity contribution in [3.63, 3.8) is 0 Å². The fourth-order valence-corrected chi connectivity index (χ4v) is 2.32. The van der Waals surface area contributed by atoms with Gasteiger partial charge in [-0.2, -0.15) is 0 Å². The Morgan fingerprint density at radius 1 is 1.35 bits per heavy atom. The summed E-state index contributed by atoms with van der Waals surface area (Å²) in [6.45, 7) is 0.155. The van der Waals surface area contributed by atoms with Gasteiger partial charge in [-0.05, 0) is 12.1 Å². The maximum atomic E-state index is 13.1. The third kappa shape index (κ3) is 4.24. The molecule has 2 aromatic rings. The number of benzene rings is 1. The number of thiazole rings is 1. The Morgan fingerprint density at radius 2 is 2.10 bits per heavy atom. The Labute approximate surface area is 120 Å². The molecule has 0 fully saturated rings. The van der Waals surface area contributed by atoms with Crippen LogP contribution in [0, 0.1) is 5.82 Å². The van der Waals surface area contributed by atoms with E-state index in [1.54, 1.807) is 0 Å². The van der Waals surface area contributed by atoms with E-state index in [0.29, 0.717) is 9.34 Å². The number of aromatic nitrogens is 1. The molecule has 1 N–H and O–H groups in total. The van der Waals surface area contributed by atoms with Crippen LogP contribution < -0.4 is 10.1 Å². The van der Waals surface area contributed by atoms with Crippen molar-refractivity contribution in [1.29, 1.82) is 0 Å². The first-order valence-electron chi connectivity index (χ1n) is 5.23. The summed E-state index contributed by atoms with van der Waals surface area (Å²) in [5.41, 5.74) is -0.105. The van der Waals surface area contributed by atoms with Crippen LogP contribution in [0.4, 0.5) is 23.2 Å². The summed E-state index contributed by atoms with van der Waals surface area (Å²) < 4.78 is 53.9. The molecule has 9 heteroatoms.